The minimum absolute atomic E-state index is 0.148. The molecule has 1 aromatic heterocycles. The maximum absolute atomic E-state index is 12.5. The summed E-state index contributed by atoms with van der Waals surface area (Å²) in [5.74, 6) is 0.188. The fourth-order valence-electron chi connectivity index (χ4n) is 3.22. The normalized spacial score (nSPS) is 14.3. The summed E-state index contributed by atoms with van der Waals surface area (Å²) in [5.41, 5.74) is 3.06. The van der Waals surface area contributed by atoms with E-state index in [1.165, 1.54) is 0 Å². The van der Waals surface area contributed by atoms with Gasteiger partial charge in [-0.2, -0.15) is 0 Å². The Morgan fingerprint density at radius 2 is 1.88 bits per heavy atom. The smallest absolute Gasteiger partial charge is 0.291 e. The van der Waals surface area contributed by atoms with Crippen molar-refractivity contribution in [2.75, 3.05) is 16.8 Å². The first-order valence-electron chi connectivity index (χ1n) is 8.33. The second-order valence-corrected chi connectivity index (χ2v) is 6.20. The van der Waals surface area contributed by atoms with Crippen molar-refractivity contribution in [2.45, 2.75) is 19.8 Å². The number of nitrogens with zero attached hydrogens (tertiary/aromatic N) is 1. The van der Waals surface area contributed by atoms with E-state index in [0.717, 1.165) is 29.6 Å². The lowest BCUT2D eigenvalue weighted by molar-refractivity contribution is -0.117. The number of fused-ring (bicyclic) bond motifs is 1. The molecule has 0 radical (unpaired) electrons. The van der Waals surface area contributed by atoms with Gasteiger partial charge in [0.2, 0.25) is 5.91 Å². The first-order valence-corrected chi connectivity index (χ1v) is 8.33. The van der Waals surface area contributed by atoms with Gasteiger partial charge in [-0.25, -0.2) is 0 Å². The molecule has 0 saturated carbocycles. The van der Waals surface area contributed by atoms with E-state index in [1.54, 1.807) is 17.0 Å². The van der Waals surface area contributed by atoms with Gasteiger partial charge in [0.15, 0.2) is 5.76 Å². The van der Waals surface area contributed by atoms with Gasteiger partial charge in [0.05, 0.1) is 0 Å². The fourth-order valence-corrected chi connectivity index (χ4v) is 3.22. The molecule has 25 heavy (non-hydrogen) atoms. The van der Waals surface area contributed by atoms with Gasteiger partial charge in [-0.1, -0.05) is 18.2 Å². The molecule has 1 aliphatic rings. The average Bonchev–Trinajstić information content (AvgIpc) is 3.20. The maximum Gasteiger partial charge on any atom is 0.291 e. The first-order chi connectivity index (χ1) is 12.1. The van der Waals surface area contributed by atoms with Crippen molar-refractivity contribution in [3.63, 3.8) is 0 Å². The van der Waals surface area contributed by atoms with Gasteiger partial charge in [-0.05, 0) is 43.7 Å². The van der Waals surface area contributed by atoms with Gasteiger partial charge in [0.25, 0.3) is 5.91 Å². The number of rotatable bonds is 3. The van der Waals surface area contributed by atoms with Crippen LogP contribution >= 0.6 is 0 Å². The number of anilines is 2. The Labute approximate surface area is 145 Å². The highest BCUT2D eigenvalue weighted by molar-refractivity contribution is 6.06. The van der Waals surface area contributed by atoms with Crippen molar-refractivity contribution in [3.05, 3.63) is 59.9 Å². The Morgan fingerprint density at radius 3 is 2.56 bits per heavy atom. The van der Waals surface area contributed by atoms with E-state index in [2.05, 4.69) is 5.32 Å². The highest BCUT2D eigenvalue weighted by Crippen LogP contribution is 2.27. The van der Waals surface area contributed by atoms with Crippen LogP contribution in [-0.2, 0) is 4.79 Å². The number of nitrogens with one attached hydrogen (secondary N) is 1. The molecule has 5 nitrogen and oxygen atoms in total. The largest absolute Gasteiger partial charge is 0.451 e. The van der Waals surface area contributed by atoms with Gasteiger partial charge in [-0.3, -0.25) is 9.59 Å². The van der Waals surface area contributed by atoms with Gasteiger partial charge in [0, 0.05) is 35.3 Å². The standard InChI is InChI=1S/C20H18N2O3/c1-13-16-5-2-3-6-17(16)25-19(13)20(24)21-14-8-10-15(11-9-14)22-12-4-7-18(22)23/h2-3,5-6,8-11H,4,7,12H2,1H3,(H,21,24). The average molecular weight is 334 g/mol. The molecular weight excluding hydrogens is 316 g/mol. The molecule has 1 fully saturated rings. The Balaban J connectivity index is 1.54. The molecule has 2 heterocycles. The third-order valence-corrected chi connectivity index (χ3v) is 4.56. The second kappa shape index (κ2) is 6.09. The Bertz CT molecular complexity index is 957. The van der Waals surface area contributed by atoms with Crippen LogP contribution in [0, 0.1) is 6.92 Å². The molecule has 126 valence electrons. The lowest BCUT2D eigenvalue weighted by Crippen LogP contribution is -2.23. The van der Waals surface area contributed by atoms with Gasteiger partial charge in [0.1, 0.15) is 5.58 Å². The van der Waals surface area contributed by atoms with Crippen molar-refractivity contribution < 1.29 is 14.0 Å². The van der Waals surface area contributed by atoms with E-state index in [9.17, 15) is 9.59 Å². The molecule has 0 unspecified atom stereocenters. The van der Waals surface area contributed by atoms with Crippen LogP contribution in [0.25, 0.3) is 11.0 Å². The Morgan fingerprint density at radius 1 is 1.12 bits per heavy atom. The number of hydrogen-bond acceptors (Lipinski definition) is 3. The number of amides is 2. The first kappa shape index (κ1) is 15.4. The molecule has 3 aromatic rings. The topological polar surface area (TPSA) is 62.6 Å². The van der Waals surface area contributed by atoms with Crippen LogP contribution in [0.3, 0.4) is 0 Å². The number of hydrogen-bond donors (Lipinski definition) is 1. The van der Waals surface area contributed by atoms with Gasteiger partial charge >= 0.3 is 0 Å². The molecule has 1 N–H and O–H groups in total. The summed E-state index contributed by atoms with van der Waals surface area (Å²) >= 11 is 0. The van der Waals surface area contributed by atoms with E-state index in [4.69, 9.17) is 4.42 Å². The Hall–Kier alpha value is -3.08. The van der Waals surface area contributed by atoms with Gasteiger partial charge in [-0.15, -0.1) is 0 Å². The minimum atomic E-state index is -0.279. The zero-order chi connectivity index (χ0) is 17.4. The summed E-state index contributed by atoms with van der Waals surface area (Å²) in [6.07, 6.45) is 1.49. The van der Waals surface area contributed by atoms with Gasteiger partial charge < -0.3 is 14.6 Å². The Kier molecular flexibility index (Phi) is 3.76. The van der Waals surface area contributed by atoms with Crippen LogP contribution in [0.15, 0.2) is 52.9 Å². The molecule has 4 rings (SSSR count). The van der Waals surface area contributed by atoms with Crippen molar-refractivity contribution >= 4 is 34.2 Å². The molecular formula is C20H18N2O3. The highest BCUT2D eigenvalue weighted by Gasteiger charge is 2.22. The van der Waals surface area contributed by atoms with Crippen LogP contribution in [0.4, 0.5) is 11.4 Å². The summed E-state index contributed by atoms with van der Waals surface area (Å²) in [4.78, 5) is 26.1. The van der Waals surface area contributed by atoms with E-state index in [1.807, 2.05) is 43.3 Å². The predicted octanol–water partition coefficient (Wildman–Crippen LogP) is 4.12. The van der Waals surface area contributed by atoms with E-state index in [-0.39, 0.29) is 11.8 Å². The molecule has 1 aliphatic heterocycles. The summed E-state index contributed by atoms with van der Waals surface area (Å²) < 4.78 is 5.69. The lowest BCUT2D eigenvalue weighted by Gasteiger charge is -2.16. The predicted molar refractivity (Wildman–Crippen MR) is 96.9 cm³/mol. The second-order valence-electron chi connectivity index (χ2n) is 6.20. The molecule has 0 spiro atoms. The highest BCUT2D eigenvalue weighted by atomic mass is 16.3. The quantitative estimate of drug-likeness (QED) is 0.783. The number of para-hydroxylation sites is 1. The fraction of sp³-hybridized carbons (Fsp3) is 0.200. The number of benzene rings is 2. The van der Waals surface area contributed by atoms with E-state index in [0.29, 0.717) is 23.5 Å². The summed E-state index contributed by atoms with van der Waals surface area (Å²) in [5, 5.41) is 3.79. The SMILES string of the molecule is Cc1c(C(=O)Nc2ccc(N3CCCC3=O)cc2)oc2ccccc12. The number of carbonyl (C=O) groups excluding carboxylic acids is 2. The maximum atomic E-state index is 12.5. The zero-order valence-corrected chi connectivity index (χ0v) is 13.9. The molecule has 0 bridgehead atoms. The van der Waals surface area contributed by atoms with Crippen LogP contribution in [0.2, 0.25) is 0 Å². The summed E-state index contributed by atoms with van der Waals surface area (Å²) in [7, 11) is 0. The van der Waals surface area contributed by atoms with E-state index >= 15 is 0 Å². The molecule has 0 atom stereocenters. The molecule has 5 heteroatoms. The third kappa shape index (κ3) is 2.78. The van der Waals surface area contributed by atoms with Crippen LogP contribution < -0.4 is 10.2 Å². The molecule has 2 aromatic carbocycles. The molecule has 2 amide bonds. The number of carbonyl (C=O) groups is 2. The van der Waals surface area contributed by atoms with Crippen LogP contribution in [-0.4, -0.2) is 18.4 Å². The zero-order valence-electron chi connectivity index (χ0n) is 13.9. The van der Waals surface area contributed by atoms with Crippen molar-refractivity contribution in [2.24, 2.45) is 0 Å². The monoisotopic (exact) mass is 334 g/mol. The van der Waals surface area contributed by atoms with Crippen molar-refractivity contribution in [1.29, 1.82) is 0 Å². The number of furan rings is 1. The number of aryl methyl sites for hydroxylation is 1. The molecule has 0 aliphatic carbocycles. The third-order valence-electron chi connectivity index (χ3n) is 4.56. The lowest BCUT2D eigenvalue weighted by atomic mass is 10.1. The van der Waals surface area contributed by atoms with Crippen molar-refractivity contribution in [1.82, 2.24) is 0 Å². The molecule has 1 saturated heterocycles. The van der Waals surface area contributed by atoms with Crippen molar-refractivity contribution in [3.8, 4) is 0 Å². The van der Waals surface area contributed by atoms with Crippen LogP contribution in [0.1, 0.15) is 29.0 Å². The minimum Gasteiger partial charge on any atom is -0.451 e. The van der Waals surface area contributed by atoms with E-state index < -0.39 is 0 Å². The van der Waals surface area contributed by atoms with Crippen LogP contribution in [0.5, 0.6) is 0 Å². The summed E-state index contributed by atoms with van der Waals surface area (Å²) in [6, 6.07) is 14.9. The summed E-state index contributed by atoms with van der Waals surface area (Å²) in [6.45, 7) is 2.63.